The predicted molar refractivity (Wildman–Crippen MR) is 70.8 cm³/mol. The van der Waals surface area contributed by atoms with Crippen LogP contribution in [-0.4, -0.2) is 13.1 Å². The van der Waals surface area contributed by atoms with Crippen LogP contribution >= 0.6 is 0 Å². The highest BCUT2D eigenvalue weighted by Gasteiger charge is 2.35. The Kier molecular flexibility index (Phi) is 3.68. The fourth-order valence-corrected chi connectivity index (χ4v) is 2.75. The molecule has 0 amide bonds. The maximum Gasteiger partial charge on any atom is 0.0748 e. The molecule has 1 aliphatic carbocycles. The second kappa shape index (κ2) is 5.23. The predicted octanol–water partition coefficient (Wildman–Crippen LogP) is 3.60. The number of nitriles is 1. The highest BCUT2D eigenvalue weighted by molar-refractivity contribution is 5.46. The van der Waals surface area contributed by atoms with E-state index in [9.17, 15) is 5.26 Å². The Morgan fingerprint density at radius 1 is 1.24 bits per heavy atom. The molecule has 0 heterocycles. The molecule has 2 heteroatoms. The van der Waals surface area contributed by atoms with E-state index in [1.54, 1.807) is 0 Å². The molecule has 0 radical (unpaired) electrons. The average molecular weight is 228 g/mol. The van der Waals surface area contributed by atoms with Crippen LogP contribution in [0.4, 0.5) is 5.69 Å². The maximum atomic E-state index is 9.43. The normalized spacial score (nSPS) is 17.6. The van der Waals surface area contributed by atoms with Gasteiger partial charge in [-0.2, -0.15) is 5.26 Å². The van der Waals surface area contributed by atoms with E-state index in [4.69, 9.17) is 0 Å². The summed E-state index contributed by atoms with van der Waals surface area (Å²) in [4.78, 5) is 2.33. The molecule has 0 unspecified atom stereocenters. The first-order valence-electron chi connectivity index (χ1n) is 6.51. The molecule has 1 saturated carbocycles. The van der Waals surface area contributed by atoms with Gasteiger partial charge in [0.15, 0.2) is 0 Å². The van der Waals surface area contributed by atoms with Gasteiger partial charge < -0.3 is 4.90 Å². The molecule has 0 atom stereocenters. The lowest BCUT2D eigenvalue weighted by Crippen LogP contribution is -2.35. The van der Waals surface area contributed by atoms with Crippen LogP contribution in [0, 0.1) is 16.7 Å². The average Bonchev–Trinajstić information content (AvgIpc) is 2.86. The molecular weight excluding hydrogens is 208 g/mol. The molecule has 0 saturated heterocycles. The molecule has 1 fully saturated rings. The molecule has 0 aromatic heterocycles. The van der Waals surface area contributed by atoms with Gasteiger partial charge in [0.1, 0.15) is 0 Å². The number of anilines is 1. The topological polar surface area (TPSA) is 27.0 Å². The van der Waals surface area contributed by atoms with E-state index >= 15 is 0 Å². The van der Waals surface area contributed by atoms with Gasteiger partial charge in [0.25, 0.3) is 0 Å². The van der Waals surface area contributed by atoms with Crippen LogP contribution in [0.25, 0.3) is 0 Å². The maximum absolute atomic E-state index is 9.43. The number of para-hydroxylation sites is 1. The van der Waals surface area contributed by atoms with E-state index in [1.165, 1.54) is 18.5 Å². The van der Waals surface area contributed by atoms with Crippen molar-refractivity contribution in [3.63, 3.8) is 0 Å². The molecule has 1 aromatic rings. The Morgan fingerprint density at radius 2 is 1.88 bits per heavy atom. The third kappa shape index (κ3) is 2.61. The lowest BCUT2D eigenvalue weighted by atomic mass is 9.87. The highest BCUT2D eigenvalue weighted by Crippen LogP contribution is 2.38. The summed E-state index contributed by atoms with van der Waals surface area (Å²) in [5.74, 6) is 0. The zero-order valence-electron chi connectivity index (χ0n) is 10.5. The van der Waals surface area contributed by atoms with Gasteiger partial charge in [-0.05, 0) is 31.9 Å². The molecule has 0 N–H and O–H groups in total. The summed E-state index contributed by atoms with van der Waals surface area (Å²) < 4.78 is 0. The molecule has 2 nitrogen and oxygen atoms in total. The molecular formula is C15H20N2. The minimum Gasteiger partial charge on any atom is -0.370 e. The third-order valence-electron chi connectivity index (χ3n) is 3.79. The molecule has 1 aromatic carbocycles. The number of nitrogens with zero attached hydrogens (tertiary/aromatic N) is 2. The molecule has 0 aliphatic heterocycles. The zero-order valence-corrected chi connectivity index (χ0v) is 10.5. The molecule has 0 bridgehead atoms. The van der Waals surface area contributed by atoms with E-state index in [2.05, 4.69) is 42.2 Å². The number of hydrogen-bond donors (Lipinski definition) is 0. The van der Waals surface area contributed by atoms with Crippen molar-refractivity contribution in [1.82, 2.24) is 0 Å². The van der Waals surface area contributed by atoms with Crippen molar-refractivity contribution >= 4 is 5.69 Å². The summed E-state index contributed by atoms with van der Waals surface area (Å²) in [6, 6.07) is 13.0. The first-order valence-corrected chi connectivity index (χ1v) is 6.51. The van der Waals surface area contributed by atoms with Crippen LogP contribution < -0.4 is 4.90 Å². The smallest absolute Gasteiger partial charge is 0.0748 e. The molecule has 1 aliphatic rings. The molecule has 17 heavy (non-hydrogen) atoms. The van der Waals surface area contributed by atoms with Crippen LogP contribution in [0.5, 0.6) is 0 Å². The Labute approximate surface area is 104 Å². The molecule has 90 valence electrons. The lowest BCUT2D eigenvalue weighted by Gasteiger charge is -2.31. The minimum atomic E-state index is -0.105. The van der Waals surface area contributed by atoms with Crippen LogP contribution in [0.15, 0.2) is 30.3 Å². The largest absolute Gasteiger partial charge is 0.370 e. The standard InChI is InChI=1S/C15H20N2/c1-2-17(14-8-4-3-5-9-14)13-15(12-16)10-6-7-11-15/h3-5,8-9H,2,6-7,10-11,13H2,1H3. The van der Waals surface area contributed by atoms with Crippen molar-refractivity contribution < 1.29 is 0 Å². The summed E-state index contributed by atoms with van der Waals surface area (Å²) in [7, 11) is 0. The summed E-state index contributed by atoms with van der Waals surface area (Å²) in [5.41, 5.74) is 1.13. The van der Waals surface area contributed by atoms with Crippen LogP contribution in [0.2, 0.25) is 0 Å². The second-order valence-corrected chi connectivity index (χ2v) is 4.95. The summed E-state index contributed by atoms with van der Waals surface area (Å²) in [5, 5.41) is 9.43. The van der Waals surface area contributed by atoms with Gasteiger partial charge in [0.05, 0.1) is 11.5 Å². The number of benzene rings is 1. The van der Waals surface area contributed by atoms with Gasteiger partial charge in [-0.25, -0.2) is 0 Å². The van der Waals surface area contributed by atoms with Crippen molar-refractivity contribution in [2.24, 2.45) is 5.41 Å². The van der Waals surface area contributed by atoms with E-state index in [0.29, 0.717) is 0 Å². The van der Waals surface area contributed by atoms with Crippen molar-refractivity contribution in [2.45, 2.75) is 32.6 Å². The van der Waals surface area contributed by atoms with Crippen LogP contribution in [-0.2, 0) is 0 Å². The van der Waals surface area contributed by atoms with Gasteiger partial charge in [-0.15, -0.1) is 0 Å². The molecule has 0 spiro atoms. The number of rotatable bonds is 4. The first kappa shape index (κ1) is 12.0. The van der Waals surface area contributed by atoms with Crippen molar-refractivity contribution in [3.8, 4) is 6.07 Å². The van der Waals surface area contributed by atoms with Gasteiger partial charge in [0.2, 0.25) is 0 Å². The Balaban J connectivity index is 2.13. The van der Waals surface area contributed by atoms with Gasteiger partial charge in [-0.3, -0.25) is 0 Å². The fraction of sp³-hybridized carbons (Fsp3) is 0.533. The van der Waals surface area contributed by atoms with E-state index in [0.717, 1.165) is 25.9 Å². The van der Waals surface area contributed by atoms with Gasteiger partial charge in [-0.1, -0.05) is 31.0 Å². The first-order chi connectivity index (χ1) is 8.29. The Hall–Kier alpha value is -1.49. The fourth-order valence-electron chi connectivity index (χ4n) is 2.75. The quantitative estimate of drug-likeness (QED) is 0.787. The Morgan fingerprint density at radius 3 is 2.41 bits per heavy atom. The minimum absolute atomic E-state index is 0.105. The van der Waals surface area contributed by atoms with Crippen molar-refractivity contribution in [1.29, 1.82) is 5.26 Å². The van der Waals surface area contributed by atoms with Gasteiger partial charge >= 0.3 is 0 Å². The van der Waals surface area contributed by atoms with Crippen LogP contribution in [0.3, 0.4) is 0 Å². The Bertz CT molecular complexity index is 385. The van der Waals surface area contributed by atoms with Crippen molar-refractivity contribution in [2.75, 3.05) is 18.0 Å². The number of hydrogen-bond acceptors (Lipinski definition) is 2. The molecule has 2 rings (SSSR count). The van der Waals surface area contributed by atoms with Gasteiger partial charge in [0, 0.05) is 18.8 Å². The summed E-state index contributed by atoms with van der Waals surface area (Å²) in [6.45, 7) is 4.00. The zero-order chi connectivity index (χ0) is 12.1. The second-order valence-electron chi connectivity index (χ2n) is 4.95. The van der Waals surface area contributed by atoms with Crippen LogP contribution in [0.1, 0.15) is 32.6 Å². The highest BCUT2D eigenvalue weighted by atomic mass is 15.1. The summed E-state index contributed by atoms with van der Waals surface area (Å²) >= 11 is 0. The third-order valence-corrected chi connectivity index (χ3v) is 3.79. The van der Waals surface area contributed by atoms with E-state index in [-0.39, 0.29) is 5.41 Å². The van der Waals surface area contributed by atoms with E-state index < -0.39 is 0 Å². The van der Waals surface area contributed by atoms with E-state index in [1.807, 2.05) is 6.07 Å². The monoisotopic (exact) mass is 228 g/mol. The lowest BCUT2D eigenvalue weighted by molar-refractivity contribution is 0.409. The van der Waals surface area contributed by atoms with Crippen molar-refractivity contribution in [3.05, 3.63) is 30.3 Å². The SMILES string of the molecule is CCN(CC1(C#N)CCCC1)c1ccccc1. The summed E-state index contributed by atoms with van der Waals surface area (Å²) in [6.07, 6.45) is 4.54.